The zero-order chi connectivity index (χ0) is 15.5. The first kappa shape index (κ1) is 14.8. The molecule has 0 aromatic heterocycles. The summed E-state index contributed by atoms with van der Waals surface area (Å²) in [4.78, 5) is 25.4. The van der Waals surface area contributed by atoms with Crippen LogP contribution >= 0.6 is 23.2 Å². The van der Waals surface area contributed by atoms with Crippen LogP contribution in [0.15, 0.2) is 12.1 Å². The highest BCUT2D eigenvalue weighted by molar-refractivity contribution is 7.91. The Morgan fingerprint density at radius 1 is 1.05 bits per heavy atom. The van der Waals surface area contributed by atoms with Crippen LogP contribution in [0.4, 0.5) is 0 Å². The van der Waals surface area contributed by atoms with E-state index in [-0.39, 0.29) is 21.2 Å². The molecule has 112 valence electrons. The van der Waals surface area contributed by atoms with E-state index in [0.717, 1.165) is 4.90 Å². The SMILES string of the molecule is O=C1c2cc(Cl)c(Cl)cc2C(=O)N1[C@H]1CS(=O)(=O)C[C@H]1O. The molecule has 2 heterocycles. The third kappa shape index (κ3) is 2.24. The predicted molar refractivity (Wildman–Crippen MR) is 75.4 cm³/mol. The van der Waals surface area contributed by atoms with Crippen molar-refractivity contribution in [3.8, 4) is 0 Å². The molecule has 0 radical (unpaired) electrons. The number of hydrogen-bond donors (Lipinski definition) is 1. The summed E-state index contributed by atoms with van der Waals surface area (Å²) in [7, 11) is -3.48. The van der Waals surface area contributed by atoms with Crippen LogP contribution in [0.25, 0.3) is 0 Å². The van der Waals surface area contributed by atoms with E-state index in [4.69, 9.17) is 23.2 Å². The van der Waals surface area contributed by atoms with Gasteiger partial charge in [0, 0.05) is 0 Å². The lowest BCUT2D eigenvalue weighted by Gasteiger charge is -2.23. The molecule has 1 saturated heterocycles. The molecule has 1 N–H and O–H groups in total. The number of aliphatic hydroxyl groups is 1. The molecular weight excluding hydrogens is 341 g/mol. The number of benzene rings is 1. The lowest BCUT2D eigenvalue weighted by molar-refractivity contribution is 0.0451. The number of carbonyl (C=O) groups excluding carboxylic acids is 2. The number of nitrogens with zero attached hydrogens (tertiary/aromatic N) is 1. The van der Waals surface area contributed by atoms with Crippen molar-refractivity contribution in [2.45, 2.75) is 12.1 Å². The lowest BCUT2D eigenvalue weighted by Crippen LogP contribution is -2.46. The van der Waals surface area contributed by atoms with Gasteiger partial charge in [-0.3, -0.25) is 14.5 Å². The molecule has 3 rings (SSSR count). The number of aliphatic hydroxyl groups excluding tert-OH is 1. The molecule has 2 amide bonds. The van der Waals surface area contributed by atoms with Crippen molar-refractivity contribution in [2.24, 2.45) is 0 Å². The highest BCUT2D eigenvalue weighted by Crippen LogP contribution is 2.34. The minimum atomic E-state index is -3.48. The standard InChI is InChI=1S/C12H9Cl2NO5S/c13-7-1-5-6(2-8(7)14)12(18)15(11(5)17)9-3-21(19,20)4-10(9)16/h1-2,9-10,16H,3-4H2/t9-,10+/m0/s1. The van der Waals surface area contributed by atoms with Gasteiger partial charge in [-0.1, -0.05) is 23.2 Å². The van der Waals surface area contributed by atoms with Gasteiger partial charge in [-0.25, -0.2) is 8.42 Å². The molecule has 0 saturated carbocycles. The van der Waals surface area contributed by atoms with Crippen molar-refractivity contribution in [1.82, 2.24) is 4.90 Å². The average Bonchev–Trinajstić information content (AvgIpc) is 2.76. The first-order valence-electron chi connectivity index (χ1n) is 5.97. The summed E-state index contributed by atoms with van der Waals surface area (Å²) in [6.45, 7) is 0. The maximum atomic E-state index is 12.3. The summed E-state index contributed by atoms with van der Waals surface area (Å²) in [6, 6.07) is 1.46. The van der Waals surface area contributed by atoms with Gasteiger partial charge in [-0.15, -0.1) is 0 Å². The first-order chi connectivity index (χ1) is 9.71. The zero-order valence-corrected chi connectivity index (χ0v) is 12.7. The molecule has 0 aliphatic carbocycles. The number of carbonyl (C=O) groups is 2. The number of amides is 2. The van der Waals surface area contributed by atoms with Crippen LogP contribution in [-0.4, -0.2) is 53.9 Å². The van der Waals surface area contributed by atoms with Crippen LogP contribution in [0.3, 0.4) is 0 Å². The minimum absolute atomic E-state index is 0.0610. The Bertz CT molecular complexity index is 735. The van der Waals surface area contributed by atoms with Gasteiger partial charge in [0.25, 0.3) is 11.8 Å². The Hall–Kier alpha value is -1.15. The van der Waals surface area contributed by atoms with E-state index >= 15 is 0 Å². The summed E-state index contributed by atoms with van der Waals surface area (Å²) in [6.07, 6.45) is -1.29. The smallest absolute Gasteiger partial charge is 0.261 e. The zero-order valence-electron chi connectivity index (χ0n) is 10.4. The van der Waals surface area contributed by atoms with E-state index < -0.39 is 45.3 Å². The molecule has 1 aromatic carbocycles. The molecule has 2 aliphatic rings. The second kappa shape index (κ2) is 4.67. The topological polar surface area (TPSA) is 91.8 Å². The van der Waals surface area contributed by atoms with E-state index in [9.17, 15) is 23.1 Å². The number of imide groups is 1. The molecule has 1 aromatic rings. The first-order valence-corrected chi connectivity index (χ1v) is 8.54. The number of fused-ring (bicyclic) bond motifs is 1. The average molecular weight is 350 g/mol. The minimum Gasteiger partial charge on any atom is -0.390 e. The second-order valence-corrected chi connectivity index (χ2v) is 7.97. The van der Waals surface area contributed by atoms with Gasteiger partial charge in [0.05, 0.1) is 44.8 Å². The molecule has 9 heteroatoms. The quantitative estimate of drug-likeness (QED) is 0.755. The van der Waals surface area contributed by atoms with Crippen molar-refractivity contribution in [1.29, 1.82) is 0 Å². The maximum Gasteiger partial charge on any atom is 0.261 e. The molecule has 6 nitrogen and oxygen atoms in total. The second-order valence-electron chi connectivity index (χ2n) is 5.00. The van der Waals surface area contributed by atoms with E-state index in [1.807, 2.05) is 0 Å². The largest absolute Gasteiger partial charge is 0.390 e. The molecule has 0 unspecified atom stereocenters. The molecule has 1 fully saturated rings. The van der Waals surface area contributed by atoms with Gasteiger partial charge in [-0.05, 0) is 12.1 Å². The number of halogens is 2. The predicted octanol–water partition coefficient (Wildman–Crippen LogP) is 0.747. The molecule has 2 atom stereocenters. The van der Waals surface area contributed by atoms with Gasteiger partial charge in [0.15, 0.2) is 9.84 Å². The number of hydrogen-bond acceptors (Lipinski definition) is 5. The Balaban J connectivity index is 2.05. The number of rotatable bonds is 1. The molecule has 21 heavy (non-hydrogen) atoms. The Morgan fingerprint density at radius 3 is 1.90 bits per heavy atom. The van der Waals surface area contributed by atoms with E-state index in [0.29, 0.717) is 0 Å². The fraction of sp³-hybridized carbons (Fsp3) is 0.333. The van der Waals surface area contributed by atoms with Gasteiger partial charge in [0.2, 0.25) is 0 Å². The van der Waals surface area contributed by atoms with Crippen LogP contribution in [0.5, 0.6) is 0 Å². The van der Waals surface area contributed by atoms with Crippen molar-refractivity contribution in [2.75, 3.05) is 11.5 Å². The Morgan fingerprint density at radius 2 is 1.52 bits per heavy atom. The maximum absolute atomic E-state index is 12.3. The fourth-order valence-corrected chi connectivity index (χ4v) is 4.71. The number of sulfone groups is 1. The lowest BCUT2D eigenvalue weighted by atomic mass is 10.1. The van der Waals surface area contributed by atoms with Crippen LogP contribution in [0, 0.1) is 0 Å². The van der Waals surface area contributed by atoms with Gasteiger partial charge < -0.3 is 5.11 Å². The monoisotopic (exact) mass is 349 g/mol. The summed E-state index contributed by atoms with van der Waals surface area (Å²) in [5.74, 6) is -2.25. The Kier molecular flexibility index (Phi) is 3.29. The fourth-order valence-electron chi connectivity index (χ4n) is 2.61. The van der Waals surface area contributed by atoms with Gasteiger partial charge in [-0.2, -0.15) is 0 Å². The van der Waals surface area contributed by atoms with Crippen LogP contribution in [0.1, 0.15) is 20.7 Å². The van der Waals surface area contributed by atoms with Crippen LogP contribution in [-0.2, 0) is 9.84 Å². The summed E-state index contributed by atoms with van der Waals surface area (Å²) in [5, 5.41) is 10.1. The van der Waals surface area contributed by atoms with Crippen LogP contribution in [0.2, 0.25) is 10.0 Å². The van der Waals surface area contributed by atoms with E-state index in [1.165, 1.54) is 12.1 Å². The summed E-state index contributed by atoms with van der Waals surface area (Å²) in [5.41, 5.74) is 0.122. The van der Waals surface area contributed by atoms with Crippen molar-refractivity contribution in [3.05, 3.63) is 33.3 Å². The molecule has 0 bridgehead atoms. The molecule has 0 spiro atoms. The summed E-state index contributed by atoms with van der Waals surface area (Å²) >= 11 is 11.7. The normalized spacial score (nSPS) is 27.3. The van der Waals surface area contributed by atoms with E-state index in [2.05, 4.69) is 0 Å². The van der Waals surface area contributed by atoms with Gasteiger partial charge >= 0.3 is 0 Å². The van der Waals surface area contributed by atoms with Crippen molar-refractivity contribution >= 4 is 44.9 Å². The summed E-state index contributed by atoms with van der Waals surface area (Å²) < 4.78 is 23.1. The van der Waals surface area contributed by atoms with Crippen LogP contribution < -0.4 is 0 Å². The van der Waals surface area contributed by atoms with Crippen molar-refractivity contribution in [3.63, 3.8) is 0 Å². The third-order valence-corrected chi connectivity index (χ3v) is 6.00. The molecule has 2 aliphatic heterocycles. The van der Waals surface area contributed by atoms with E-state index in [1.54, 1.807) is 0 Å². The Labute approximate surface area is 130 Å². The highest BCUT2D eigenvalue weighted by Gasteiger charge is 2.48. The van der Waals surface area contributed by atoms with Crippen molar-refractivity contribution < 1.29 is 23.1 Å². The highest BCUT2D eigenvalue weighted by atomic mass is 35.5. The molecular formula is C12H9Cl2NO5S. The van der Waals surface area contributed by atoms with Gasteiger partial charge in [0.1, 0.15) is 0 Å². The third-order valence-electron chi connectivity index (χ3n) is 3.58.